The molecule has 0 bridgehead atoms. The van der Waals surface area contributed by atoms with Crippen LogP contribution in [0.3, 0.4) is 0 Å². The smallest absolute Gasteiger partial charge is 0.356 e. The summed E-state index contributed by atoms with van der Waals surface area (Å²) in [5, 5.41) is 3.61. The van der Waals surface area contributed by atoms with Crippen molar-refractivity contribution in [2.45, 2.75) is 33.6 Å². The average Bonchev–Trinajstić information content (AvgIpc) is 3.08. The minimum atomic E-state index is -0.517. The van der Waals surface area contributed by atoms with Crippen molar-refractivity contribution >= 4 is 28.5 Å². The number of piperidine rings is 1. The fourth-order valence-electron chi connectivity index (χ4n) is 4.63. The summed E-state index contributed by atoms with van der Waals surface area (Å²) in [5.74, 6) is 1.75. The van der Waals surface area contributed by atoms with Gasteiger partial charge >= 0.3 is 5.97 Å². The van der Waals surface area contributed by atoms with Crippen molar-refractivity contribution in [3.05, 3.63) is 17.8 Å². The monoisotopic (exact) mass is 432 g/mol. The molecule has 1 aromatic heterocycles. The summed E-state index contributed by atoms with van der Waals surface area (Å²) >= 11 is 0. The first-order valence-corrected chi connectivity index (χ1v) is 10.9. The van der Waals surface area contributed by atoms with Gasteiger partial charge in [-0.05, 0) is 19.4 Å². The Morgan fingerprint density at radius 3 is 2.39 bits per heavy atom. The lowest BCUT2D eigenvalue weighted by Crippen LogP contribution is -3.14. The van der Waals surface area contributed by atoms with Crippen molar-refractivity contribution in [1.82, 2.24) is 4.98 Å². The maximum atomic E-state index is 12.8. The van der Waals surface area contributed by atoms with E-state index in [1.54, 1.807) is 33.3 Å². The first-order chi connectivity index (χ1) is 14.9. The van der Waals surface area contributed by atoms with Crippen LogP contribution in [0.15, 0.2) is 12.1 Å². The number of aromatic nitrogens is 1. The Labute approximate surface area is 183 Å². The van der Waals surface area contributed by atoms with E-state index in [4.69, 9.17) is 14.2 Å². The van der Waals surface area contributed by atoms with Crippen molar-refractivity contribution in [2.24, 2.45) is 11.8 Å². The van der Waals surface area contributed by atoms with Gasteiger partial charge in [-0.2, -0.15) is 0 Å². The van der Waals surface area contributed by atoms with Crippen LogP contribution in [0.5, 0.6) is 11.5 Å². The predicted molar refractivity (Wildman–Crippen MR) is 119 cm³/mol. The molecule has 8 nitrogen and oxygen atoms in total. The Kier molecular flexibility index (Phi) is 7.43. The first kappa shape index (κ1) is 22.9. The van der Waals surface area contributed by atoms with Crippen LogP contribution < -0.4 is 19.7 Å². The average molecular weight is 433 g/mol. The molecule has 2 heterocycles. The summed E-state index contributed by atoms with van der Waals surface area (Å²) in [7, 11) is 3.09. The SMILES string of the molecule is CCOC(=O)c1[nH]c2cc(OC)c(OC)cc2c1NC(=O)CC[NH+]1C[C@@H](C)C[C@H](C)C1. The zero-order valence-electron chi connectivity index (χ0n) is 19.1. The summed E-state index contributed by atoms with van der Waals surface area (Å²) in [6.07, 6.45) is 1.64. The second-order valence-electron chi connectivity index (χ2n) is 8.50. The highest BCUT2D eigenvalue weighted by Crippen LogP contribution is 2.37. The molecule has 1 aliphatic rings. The number of esters is 1. The molecule has 0 radical (unpaired) electrons. The maximum Gasteiger partial charge on any atom is 0.356 e. The van der Waals surface area contributed by atoms with Crippen molar-refractivity contribution in [2.75, 3.05) is 45.8 Å². The third-order valence-corrected chi connectivity index (χ3v) is 5.83. The number of methoxy groups -OCH3 is 2. The molecule has 170 valence electrons. The number of nitrogens with one attached hydrogen (secondary N) is 3. The lowest BCUT2D eigenvalue weighted by atomic mass is 9.92. The third-order valence-electron chi connectivity index (χ3n) is 5.83. The van der Waals surface area contributed by atoms with E-state index in [1.807, 2.05) is 0 Å². The molecule has 8 heteroatoms. The molecule has 1 amide bonds. The molecule has 0 aliphatic carbocycles. The van der Waals surface area contributed by atoms with Crippen LogP contribution in [0.25, 0.3) is 10.9 Å². The summed E-state index contributed by atoms with van der Waals surface area (Å²) < 4.78 is 15.9. The van der Waals surface area contributed by atoms with Crippen LogP contribution in [0.4, 0.5) is 5.69 Å². The van der Waals surface area contributed by atoms with Crippen LogP contribution in [0.2, 0.25) is 0 Å². The number of aromatic amines is 1. The number of H-pyrrole nitrogens is 1. The molecular weight excluding hydrogens is 398 g/mol. The van der Waals surface area contributed by atoms with Gasteiger partial charge in [-0.3, -0.25) is 4.79 Å². The number of hydrogen-bond donors (Lipinski definition) is 3. The van der Waals surface area contributed by atoms with Crippen molar-refractivity contribution in [3.63, 3.8) is 0 Å². The number of amides is 1. The predicted octanol–water partition coefficient (Wildman–Crippen LogP) is 2.25. The van der Waals surface area contributed by atoms with Crippen molar-refractivity contribution in [1.29, 1.82) is 0 Å². The summed E-state index contributed by atoms with van der Waals surface area (Å²) in [6.45, 7) is 9.49. The van der Waals surface area contributed by atoms with Gasteiger partial charge in [-0.1, -0.05) is 13.8 Å². The number of rotatable bonds is 8. The standard InChI is InChI=1S/C23H33N3O5/c1-6-31-23(28)22-21(16-10-18(29-4)19(30-5)11-17(16)24-22)25-20(27)7-8-26-12-14(2)9-15(3)13-26/h10-11,14-15,24H,6-9,12-13H2,1-5H3,(H,25,27)/p+1/t14-,15-/m0/s1. The Morgan fingerprint density at radius 2 is 1.77 bits per heavy atom. The number of fused-ring (bicyclic) bond motifs is 1. The zero-order chi connectivity index (χ0) is 22.5. The van der Waals surface area contributed by atoms with E-state index in [2.05, 4.69) is 24.1 Å². The largest absolute Gasteiger partial charge is 0.493 e. The second-order valence-corrected chi connectivity index (χ2v) is 8.50. The van der Waals surface area contributed by atoms with Crippen molar-refractivity contribution in [3.8, 4) is 11.5 Å². The van der Waals surface area contributed by atoms with Crippen molar-refractivity contribution < 1.29 is 28.7 Å². The lowest BCUT2D eigenvalue weighted by molar-refractivity contribution is -0.911. The van der Waals surface area contributed by atoms with Gasteiger partial charge in [0.15, 0.2) is 11.5 Å². The van der Waals surface area contributed by atoms with E-state index < -0.39 is 5.97 Å². The van der Waals surface area contributed by atoms with Crippen LogP contribution >= 0.6 is 0 Å². The topological polar surface area (TPSA) is 94.1 Å². The number of carbonyl (C=O) groups excluding carboxylic acids is 2. The summed E-state index contributed by atoms with van der Waals surface area (Å²) in [4.78, 5) is 29.9. The van der Waals surface area contributed by atoms with Gasteiger partial charge in [0.25, 0.3) is 0 Å². The molecular formula is C23H34N3O5+. The molecule has 1 aliphatic heterocycles. The van der Waals surface area contributed by atoms with Gasteiger partial charge in [-0.25, -0.2) is 4.79 Å². The van der Waals surface area contributed by atoms with Crippen LogP contribution in [-0.2, 0) is 9.53 Å². The first-order valence-electron chi connectivity index (χ1n) is 10.9. The summed E-state index contributed by atoms with van der Waals surface area (Å²) in [5.41, 5.74) is 1.28. The number of likely N-dealkylation sites (tertiary alicyclic amines) is 1. The van der Waals surface area contributed by atoms with Crippen LogP contribution in [-0.4, -0.2) is 57.3 Å². The molecule has 1 saturated heterocycles. The number of ether oxygens (including phenoxy) is 3. The number of quaternary nitrogens is 1. The van der Waals surface area contributed by atoms with E-state index in [9.17, 15) is 9.59 Å². The molecule has 3 rings (SSSR count). The second kappa shape index (κ2) is 10.0. The number of benzene rings is 1. The van der Waals surface area contributed by atoms with E-state index in [-0.39, 0.29) is 18.2 Å². The summed E-state index contributed by atoms with van der Waals surface area (Å²) in [6, 6.07) is 3.50. The fourth-order valence-corrected chi connectivity index (χ4v) is 4.63. The van der Waals surface area contributed by atoms with Gasteiger partial charge < -0.3 is 29.4 Å². The molecule has 0 spiro atoms. The van der Waals surface area contributed by atoms with Gasteiger partial charge in [0, 0.05) is 23.3 Å². The van der Waals surface area contributed by atoms with E-state index in [1.165, 1.54) is 11.3 Å². The Balaban J connectivity index is 1.83. The van der Waals surface area contributed by atoms with Gasteiger partial charge in [-0.15, -0.1) is 0 Å². The molecule has 2 aromatic rings. The van der Waals surface area contributed by atoms with E-state index >= 15 is 0 Å². The molecule has 1 fully saturated rings. The van der Waals surface area contributed by atoms with Gasteiger partial charge in [0.05, 0.1) is 58.1 Å². The highest BCUT2D eigenvalue weighted by atomic mass is 16.5. The minimum absolute atomic E-state index is 0.125. The quantitative estimate of drug-likeness (QED) is 0.557. The molecule has 1 aromatic carbocycles. The van der Waals surface area contributed by atoms with Gasteiger partial charge in [0.1, 0.15) is 5.69 Å². The normalized spacial score (nSPS) is 21.0. The lowest BCUT2D eigenvalue weighted by Gasteiger charge is -2.31. The Bertz CT molecular complexity index is 929. The molecule has 2 atom stereocenters. The Morgan fingerprint density at radius 1 is 1.13 bits per heavy atom. The number of hydrogen-bond acceptors (Lipinski definition) is 5. The fraction of sp³-hybridized carbons (Fsp3) is 0.565. The number of carbonyl (C=O) groups is 2. The van der Waals surface area contributed by atoms with Crippen LogP contribution in [0.1, 0.15) is 44.1 Å². The highest BCUT2D eigenvalue weighted by molar-refractivity contribution is 6.11. The molecule has 0 saturated carbocycles. The maximum absolute atomic E-state index is 12.8. The molecule has 31 heavy (non-hydrogen) atoms. The Hall–Kier alpha value is -2.74. The van der Waals surface area contributed by atoms with Crippen LogP contribution in [0, 0.1) is 11.8 Å². The van der Waals surface area contributed by atoms with Gasteiger partial charge in [0.2, 0.25) is 5.91 Å². The van der Waals surface area contributed by atoms with E-state index in [0.717, 1.165) is 19.6 Å². The molecule has 3 N–H and O–H groups in total. The minimum Gasteiger partial charge on any atom is -0.493 e. The zero-order valence-corrected chi connectivity index (χ0v) is 19.1. The van der Waals surface area contributed by atoms with E-state index in [0.29, 0.717) is 46.3 Å². The highest BCUT2D eigenvalue weighted by Gasteiger charge is 2.26. The number of anilines is 1. The molecule has 0 unspecified atom stereocenters. The third kappa shape index (κ3) is 5.31.